The number of nitrogens with zero attached hydrogens (tertiary/aromatic N) is 1. The Bertz CT molecular complexity index is 1040. The molecule has 0 saturated heterocycles. The van der Waals surface area contributed by atoms with Gasteiger partial charge in [-0.2, -0.15) is 0 Å². The van der Waals surface area contributed by atoms with Crippen molar-refractivity contribution in [3.8, 4) is 0 Å². The smallest absolute Gasteiger partial charge is 0.256 e. The summed E-state index contributed by atoms with van der Waals surface area (Å²) >= 11 is 3.20. The van der Waals surface area contributed by atoms with Crippen LogP contribution in [0.4, 0.5) is 5.69 Å². The van der Waals surface area contributed by atoms with E-state index in [0.717, 1.165) is 40.2 Å². The molecule has 0 unspecified atom stereocenters. The maximum atomic E-state index is 12.9. The Morgan fingerprint density at radius 3 is 2.48 bits per heavy atom. The predicted octanol–water partition coefficient (Wildman–Crippen LogP) is 5.33. The standard InChI is InChI=1S/C22H23N3O2S2/c1-28-22-25-18-12-11-15(13-19(18)29-22)24-21(27)17-10-6-5-9-16(17)20(26)23-14-7-3-2-4-8-14/h5-6,9-14H,2-4,7-8H2,1H3,(H,23,26)(H,24,27). The fourth-order valence-electron chi connectivity index (χ4n) is 3.66. The summed E-state index contributed by atoms with van der Waals surface area (Å²) in [5.74, 6) is -0.460. The van der Waals surface area contributed by atoms with Gasteiger partial charge in [-0.25, -0.2) is 4.98 Å². The van der Waals surface area contributed by atoms with Crippen molar-refractivity contribution in [1.29, 1.82) is 0 Å². The monoisotopic (exact) mass is 425 g/mol. The van der Waals surface area contributed by atoms with E-state index in [2.05, 4.69) is 15.6 Å². The van der Waals surface area contributed by atoms with Crippen LogP contribution in [-0.4, -0.2) is 29.1 Å². The Labute approximate surface area is 178 Å². The van der Waals surface area contributed by atoms with Crippen LogP contribution in [0.1, 0.15) is 52.8 Å². The zero-order valence-corrected chi connectivity index (χ0v) is 17.9. The minimum atomic E-state index is -0.284. The number of hydrogen-bond donors (Lipinski definition) is 2. The Kier molecular flexibility index (Phi) is 6.16. The molecule has 2 amide bonds. The number of hydrogen-bond acceptors (Lipinski definition) is 5. The van der Waals surface area contributed by atoms with Crippen molar-refractivity contribution in [3.05, 3.63) is 53.6 Å². The molecule has 4 rings (SSSR count). The van der Waals surface area contributed by atoms with Crippen LogP contribution in [0.25, 0.3) is 10.2 Å². The van der Waals surface area contributed by atoms with Gasteiger partial charge in [0.1, 0.15) is 0 Å². The van der Waals surface area contributed by atoms with Crippen LogP contribution in [0.15, 0.2) is 46.8 Å². The lowest BCUT2D eigenvalue weighted by molar-refractivity contribution is 0.0917. The molecule has 0 spiro atoms. The first-order valence-electron chi connectivity index (χ1n) is 9.80. The molecular formula is C22H23N3O2S2. The third-order valence-corrected chi connectivity index (χ3v) is 7.16. The molecule has 29 heavy (non-hydrogen) atoms. The number of amides is 2. The Morgan fingerprint density at radius 2 is 1.76 bits per heavy atom. The molecule has 3 aromatic rings. The van der Waals surface area contributed by atoms with E-state index in [1.54, 1.807) is 47.4 Å². The highest BCUT2D eigenvalue weighted by molar-refractivity contribution is 8.00. The van der Waals surface area contributed by atoms with Crippen molar-refractivity contribution in [2.24, 2.45) is 0 Å². The maximum Gasteiger partial charge on any atom is 0.256 e. The van der Waals surface area contributed by atoms with Crippen LogP contribution in [0.5, 0.6) is 0 Å². The molecule has 0 atom stereocenters. The highest BCUT2D eigenvalue weighted by Gasteiger charge is 2.21. The van der Waals surface area contributed by atoms with Gasteiger partial charge in [-0.15, -0.1) is 11.3 Å². The van der Waals surface area contributed by atoms with Gasteiger partial charge in [0.05, 0.1) is 21.3 Å². The highest BCUT2D eigenvalue weighted by Crippen LogP contribution is 2.30. The van der Waals surface area contributed by atoms with Gasteiger partial charge < -0.3 is 10.6 Å². The first kappa shape index (κ1) is 19.9. The van der Waals surface area contributed by atoms with Crippen molar-refractivity contribution in [3.63, 3.8) is 0 Å². The lowest BCUT2D eigenvalue weighted by Gasteiger charge is -2.23. The molecule has 1 aromatic heterocycles. The van der Waals surface area contributed by atoms with E-state index in [9.17, 15) is 9.59 Å². The average Bonchev–Trinajstić information content (AvgIpc) is 3.17. The van der Waals surface area contributed by atoms with Gasteiger partial charge in [0.15, 0.2) is 4.34 Å². The number of rotatable bonds is 5. The molecule has 0 radical (unpaired) electrons. The van der Waals surface area contributed by atoms with Gasteiger partial charge in [-0.05, 0) is 49.4 Å². The number of carbonyl (C=O) groups is 2. The molecule has 2 aromatic carbocycles. The Hall–Kier alpha value is -2.38. The molecule has 1 fully saturated rings. The normalized spacial score (nSPS) is 14.7. The highest BCUT2D eigenvalue weighted by atomic mass is 32.2. The van der Waals surface area contributed by atoms with Crippen molar-refractivity contribution in [1.82, 2.24) is 10.3 Å². The molecule has 0 aliphatic heterocycles. The van der Waals surface area contributed by atoms with Crippen molar-refractivity contribution >= 4 is 50.8 Å². The van der Waals surface area contributed by atoms with Gasteiger partial charge in [-0.1, -0.05) is 43.2 Å². The van der Waals surface area contributed by atoms with Crippen LogP contribution in [0, 0.1) is 0 Å². The maximum absolute atomic E-state index is 12.9. The van der Waals surface area contributed by atoms with E-state index in [4.69, 9.17) is 0 Å². The van der Waals surface area contributed by atoms with E-state index in [1.807, 2.05) is 24.5 Å². The molecule has 1 saturated carbocycles. The van der Waals surface area contributed by atoms with Gasteiger partial charge in [0.2, 0.25) is 0 Å². The summed E-state index contributed by atoms with van der Waals surface area (Å²) in [7, 11) is 0. The average molecular weight is 426 g/mol. The molecule has 0 bridgehead atoms. The summed E-state index contributed by atoms with van der Waals surface area (Å²) in [6.07, 6.45) is 7.53. The number of thioether (sulfide) groups is 1. The summed E-state index contributed by atoms with van der Waals surface area (Å²) in [5, 5.41) is 6.03. The van der Waals surface area contributed by atoms with E-state index in [1.165, 1.54) is 6.42 Å². The van der Waals surface area contributed by atoms with E-state index in [0.29, 0.717) is 16.8 Å². The minimum absolute atomic E-state index is 0.176. The summed E-state index contributed by atoms with van der Waals surface area (Å²) in [6.45, 7) is 0. The molecule has 7 heteroatoms. The van der Waals surface area contributed by atoms with Crippen molar-refractivity contribution in [2.75, 3.05) is 11.6 Å². The molecule has 150 valence electrons. The fraction of sp³-hybridized carbons (Fsp3) is 0.318. The topological polar surface area (TPSA) is 71.1 Å². The van der Waals surface area contributed by atoms with E-state index < -0.39 is 0 Å². The van der Waals surface area contributed by atoms with Crippen LogP contribution in [0.2, 0.25) is 0 Å². The molecule has 2 N–H and O–H groups in total. The second-order valence-corrected chi connectivity index (χ2v) is 9.26. The third-order valence-electron chi connectivity index (χ3n) is 5.16. The largest absolute Gasteiger partial charge is 0.349 e. The molecule has 5 nitrogen and oxygen atoms in total. The lowest BCUT2D eigenvalue weighted by atomic mass is 9.95. The molecule has 1 aliphatic rings. The summed E-state index contributed by atoms with van der Waals surface area (Å²) < 4.78 is 2.02. The summed E-state index contributed by atoms with van der Waals surface area (Å²) in [5.41, 5.74) is 2.42. The first-order chi connectivity index (χ1) is 14.1. The van der Waals surface area contributed by atoms with Crippen LogP contribution < -0.4 is 10.6 Å². The van der Waals surface area contributed by atoms with Crippen molar-refractivity contribution in [2.45, 2.75) is 42.5 Å². The quantitative estimate of drug-likeness (QED) is 0.542. The number of carbonyl (C=O) groups excluding carboxylic acids is 2. The zero-order valence-electron chi connectivity index (χ0n) is 16.2. The first-order valence-corrected chi connectivity index (χ1v) is 11.8. The summed E-state index contributed by atoms with van der Waals surface area (Å²) in [4.78, 5) is 30.2. The van der Waals surface area contributed by atoms with Crippen LogP contribution in [0.3, 0.4) is 0 Å². The van der Waals surface area contributed by atoms with Crippen LogP contribution >= 0.6 is 23.1 Å². The van der Waals surface area contributed by atoms with Gasteiger partial charge >= 0.3 is 0 Å². The van der Waals surface area contributed by atoms with Gasteiger partial charge in [-0.3, -0.25) is 9.59 Å². The number of aromatic nitrogens is 1. The van der Waals surface area contributed by atoms with E-state index >= 15 is 0 Å². The number of benzene rings is 2. The third kappa shape index (κ3) is 4.62. The number of nitrogens with one attached hydrogen (secondary N) is 2. The second kappa shape index (κ2) is 8.97. The minimum Gasteiger partial charge on any atom is -0.349 e. The molecule has 1 aliphatic carbocycles. The van der Waals surface area contributed by atoms with Gasteiger partial charge in [0, 0.05) is 11.7 Å². The number of fused-ring (bicyclic) bond motifs is 1. The zero-order chi connectivity index (χ0) is 20.2. The number of thiazole rings is 1. The Balaban J connectivity index is 1.52. The fourth-order valence-corrected chi connectivity index (χ4v) is 5.18. The van der Waals surface area contributed by atoms with Gasteiger partial charge in [0.25, 0.3) is 11.8 Å². The molecular weight excluding hydrogens is 402 g/mol. The molecule has 1 heterocycles. The summed E-state index contributed by atoms with van der Waals surface area (Å²) in [6, 6.07) is 12.9. The van der Waals surface area contributed by atoms with Crippen molar-refractivity contribution < 1.29 is 9.59 Å². The number of anilines is 1. The second-order valence-electron chi connectivity index (χ2n) is 7.17. The Morgan fingerprint density at radius 1 is 1.03 bits per heavy atom. The predicted molar refractivity (Wildman–Crippen MR) is 120 cm³/mol. The lowest BCUT2D eigenvalue weighted by Crippen LogP contribution is -2.37. The van der Waals surface area contributed by atoms with Crippen LogP contribution in [-0.2, 0) is 0 Å². The van der Waals surface area contributed by atoms with E-state index in [-0.39, 0.29) is 17.9 Å². The SMILES string of the molecule is CSc1nc2ccc(NC(=O)c3ccccc3C(=O)NC3CCCCC3)cc2s1.